The first-order valence-electron chi connectivity index (χ1n) is 9.54. The number of benzene rings is 1. The number of aromatic nitrogens is 1. The number of ether oxygens (including phenoxy) is 1. The first-order chi connectivity index (χ1) is 13.4. The zero-order chi connectivity index (χ0) is 21.4. The first kappa shape index (κ1) is 21.8. The maximum absolute atomic E-state index is 13.1. The average Bonchev–Trinajstić information content (AvgIpc) is 3.24. The molecule has 0 radical (unpaired) electrons. The highest BCUT2D eigenvalue weighted by molar-refractivity contribution is 7.09. The van der Waals surface area contributed by atoms with Crippen LogP contribution in [0.15, 0.2) is 29.4 Å². The fraction of sp³-hybridized carbons (Fsp3) is 0.524. The van der Waals surface area contributed by atoms with Crippen molar-refractivity contribution < 1.29 is 22.7 Å². The molecule has 1 amide bonds. The molecule has 1 atom stereocenters. The van der Waals surface area contributed by atoms with Crippen LogP contribution < -0.4 is 4.80 Å². The normalized spacial score (nSPS) is 18.4. The number of halogens is 3. The van der Waals surface area contributed by atoms with Gasteiger partial charge in [0.15, 0.2) is 4.80 Å². The minimum Gasteiger partial charge on any atom is -0.376 e. The van der Waals surface area contributed by atoms with Crippen LogP contribution in [0.2, 0.25) is 0 Å². The number of aryl methyl sites for hydroxylation is 1. The summed E-state index contributed by atoms with van der Waals surface area (Å²) in [5.41, 5.74) is -0.555. The Balaban J connectivity index is 2.02. The van der Waals surface area contributed by atoms with Crippen LogP contribution in [0, 0.1) is 6.92 Å². The van der Waals surface area contributed by atoms with Gasteiger partial charge in [0, 0.05) is 23.2 Å². The van der Waals surface area contributed by atoms with Crippen LogP contribution in [0.1, 0.15) is 60.0 Å². The highest BCUT2D eigenvalue weighted by Gasteiger charge is 2.31. The van der Waals surface area contributed by atoms with E-state index in [4.69, 9.17) is 4.74 Å². The summed E-state index contributed by atoms with van der Waals surface area (Å²) in [6, 6.07) is 3.16. The van der Waals surface area contributed by atoms with E-state index in [9.17, 15) is 18.0 Å². The molecule has 0 unspecified atom stereocenters. The van der Waals surface area contributed by atoms with Crippen molar-refractivity contribution in [1.82, 2.24) is 4.57 Å². The molecule has 4 nitrogen and oxygen atoms in total. The van der Waals surface area contributed by atoms with Crippen LogP contribution in [0.5, 0.6) is 0 Å². The lowest BCUT2D eigenvalue weighted by molar-refractivity contribution is -0.137. The molecular formula is C21H25F3N2O2S. The molecule has 1 fully saturated rings. The number of nitrogens with zero attached hydrogens (tertiary/aromatic N) is 2. The van der Waals surface area contributed by atoms with Crippen molar-refractivity contribution in [3.05, 3.63) is 50.8 Å². The Morgan fingerprint density at radius 3 is 2.62 bits per heavy atom. The third-order valence-corrected chi connectivity index (χ3v) is 6.32. The molecule has 3 rings (SSSR count). The van der Waals surface area contributed by atoms with Crippen LogP contribution in [0.3, 0.4) is 0 Å². The SMILES string of the molecule is Cc1ccc(C(F)(F)F)cc1C(=O)/N=c1\sc(C(C)(C)C)cn1C[C@H]1CCCO1. The number of hydrogen-bond donors (Lipinski definition) is 0. The van der Waals surface area contributed by atoms with Gasteiger partial charge in [-0.15, -0.1) is 11.3 Å². The molecule has 1 saturated heterocycles. The molecule has 1 aliphatic rings. The lowest BCUT2D eigenvalue weighted by Gasteiger charge is -2.15. The summed E-state index contributed by atoms with van der Waals surface area (Å²) in [7, 11) is 0. The van der Waals surface area contributed by atoms with Crippen LogP contribution in [-0.2, 0) is 22.9 Å². The third-order valence-electron chi connectivity index (χ3n) is 4.88. The molecule has 1 aliphatic heterocycles. The number of alkyl halides is 3. The Hall–Kier alpha value is -1.93. The summed E-state index contributed by atoms with van der Waals surface area (Å²) in [5.74, 6) is -0.669. The second-order valence-electron chi connectivity index (χ2n) is 8.36. The van der Waals surface area contributed by atoms with Gasteiger partial charge in [-0.2, -0.15) is 18.2 Å². The van der Waals surface area contributed by atoms with Gasteiger partial charge < -0.3 is 9.30 Å². The van der Waals surface area contributed by atoms with Gasteiger partial charge in [0.2, 0.25) is 0 Å². The Morgan fingerprint density at radius 2 is 2.03 bits per heavy atom. The molecule has 29 heavy (non-hydrogen) atoms. The molecular weight excluding hydrogens is 401 g/mol. The van der Waals surface area contributed by atoms with E-state index >= 15 is 0 Å². The molecule has 8 heteroatoms. The lowest BCUT2D eigenvalue weighted by Crippen LogP contribution is -2.23. The van der Waals surface area contributed by atoms with E-state index in [0.29, 0.717) is 16.9 Å². The van der Waals surface area contributed by atoms with Gasteiger partial charge in [-0.3, -0.25) is 4.79 Å². The van der Waals surface area contributed by atoms with Crippen LogP contribution >= 0.6 is 11.3 Å². The number of hydrogen-bond acceptors (Lipinski definition) is 3. The number of carbonyl (C=O) groups excluding carboxylic acids is 1. The summed E-state index contributed by atoms with van der Waals surface area (Å²) < 4.78 is 46.8. The number of amides is 1. The van der Waals surface area contributed by atoms with E-state index in [0.717, 1.165) is 36.5 Å². The molecule has 0 saturated carbocycles. The highest BCUT2D eigenvalue weighted by atomic mass is 32.1. The van der Waals surface area contributed by atoms with Gasteiger partial charge in [-0.25, -0.2) is 0 Å². The van der Waals surface area contributed by atoms with Crippen molar-refractivity contribution >= 4 is 17.2 Å². The minimum absolute atomic E-state index is 0.0331. The van der Waals surface area contributed by atoms with Crippen LogP contribution in [0.4, 0.5) is 13.2 Å². The van der Waals surface area contributed by atoms with Gasteiger partial charge in [-0.05, 0) is 42.9 Å². The summed E-state index contributed by atoms with van der Waals surface area (Å²) in [6.07, 6.45) is -0.548. The Labute approximate surface area is 172 Å². The summed E-state index contributed by atoms with van der Waals surface area (Å²) in [4.78, 5) is 18.5. The van der Waals surface area contributed by atoms with Gasteiger partial charge in [-0.1, -0.05) is 26.8 Å². The molecule has 1 aromatic carbocycles. The monoisotopic (exact) mass is 426 g/mol. The maximum atomic E-state index is 13.1. The van der Waals surface area contributed by atoms with Gasteiger partial charge in [0.1, 0.15) is 0 Å². The van der Waals surface area contributed by atoms with E-state index in [-0.39, 0.29) is 17.1 Å². The lowest BCUT2D eigenvalue weighted by atomic mass is 9.95. The smallest absolute Gasteiger partial charge is 0.376 e. The fourth-order valence-corrected chi connectivity index (χ4v) is 4.18. The molecule has 1 aromatic heterocycles. The van der Waals surface area contributed by atoms with Crippen molar-refractivity contribution in [3.63, 3.8) is 0 Å². The van der Waals surface area contributed by atoms with Crippen molar-refractivity contribution in [2.75, 3.05) is 6.61 Å². The summed E-state index contributed by atoms with van der Waals surface area (Å²) in [5, 5.41) is 0. The van der Waals surface area contributed by atoms with Crippen molar-refractivity contribution in [3.8, 4) is 0 Å². The minimum atomic E-state index is -4.51. The maximum Gasteiger partial charge on any atom is 0.416 e. The first-order valence-corrected chi connectivity index (χ1v) is 10.4. The van der Waals surface area contributed by atoms with Gasteiger partial charge >= 0.3 is 6.18 Å². The zero-order valence-corrected chi connectivity index (χ0v) is 17.8. The second kappa shape index (κ2) is 8.07. The highest BCUT2D eigenvalue weighted by Crippen LogP contribution is 2.31. The Kier molecular flexibility index (Phi) is 6.06. The van der Waals surface area contributed by atoms with E-state index < -0.39 is 17.6 Å². The number of rotatable bonds is 3. The molecule has 2 heterocycles. The molecule has 0 N–H and O–H groups in total. The Morgan fingerprint density at radius 1 is 1.31 bits per heavy atom. The van der Waals surface area contributed by atoms with E-state index in [2.05, 4.69) is 25.8 Å². The summed E-state index contributed by atoms with van der Waals surface area (Å²) in [6.45, 7) is 9.10. The zero-order valence-electron chi connectivity index (χ0n) is 17.0. The van der Waals surface area contributed by atoms with E-state index in [1.54, 1.807) is 6.92 Å². The predicted octanol–water partition coefficient (Wildman–Crippen LogP) is 5.09. The van der Waals surface area contributed by atoms with Crippen molar-refractivity contribution in [1.29, 1.82) is 0 Å². The van der Waals surface area contributed by atoms with Gasteiger partial charge in [0.25, 0.3) is 5.91 Å². The molecule has 158 valence electrons. The van der Waals surface area contributed by atoms with Crippen molar-refractivity contribution in [2.24, 2.45) is 4.99 Å². The largest absolute Gasteiger partial charge is 0.416 e. The third kappa shape index (κ3) is 5.17. The topological polar surface area (TPSA) is 43.6 Å². The van der Waals surface area contributed by atoms with Crippen LogP contribution in [0.25, 0.3) is 0 Å². The number of carbonyl (C=O) groups is 1. The average molecular weight is 427 g/mol. The molecule has 2 aromatic rings. The predicted molar refractivity (Wildman–Crippen MR) is 106 cm³/mol. The molecule has 0 bridgehead atoms. The molecule has 0 spiro atoms. The van der Waals surface area contributed by atoms with Crippen LogP contribution in [-0.4, -0.2) is 23.2 Å². The van der Waals surface area contributed by atoms with E-state index in [1.165, 1.54) is 17.4 Å². The van der Waals surface area contributed by atoms with E-state index in [1.807, 2.05) is 10.8 Å². The number of thiazole rings is 1. The van der Waals surface area contributed by atoms with Crippen molar-refractivity contribution in [2.45, 2.75) is 64.8 Å². The molecule has 0 aliphatic carbocycles. The summed E-state index contributed by atoms with van der Waals surface area (Å²) >= 11 is 1.39. The quantitative estimate of drug-likeness (QED) is 0.686. The second-order valence-corrected chi connectivity index (χ2v) is 9.37. The van der Waals surface area contributed by atoms with Gasteiger partial charge in [0.05, 0.1) is 18.2 Å². The Bertz CT molecular complexity index is 962. The standard InChI is InChI=1S/C21H25F3N2O2S/c1-13-7-8-14(21(22,23)24)10-16(13)18(27)25-19-26(11-15-6-5-9-28-15)12-17(29-19)20(2,3)4/h7-8,10,12,15H,5-6,9,11H2,1-4H3/b25-19-/t15-/m1/s1. The fourth-order valence-electron chi connectivity index (χ4n) is 3.13.